The summed E-state index contributed by atoms with van der Waals surface area (Å²) in [5.41, 5.74) is 0. The number of phosphoric ester groups is 1. The first-order valence-electron chi connectivity index (χ1n) is 22.7. The Balaban J connectivity index is 4.38. The van der Waals surface area contributed by atoms with Crippen molar-refractivity contribution in [2.24, 2.45) is 0 Å². The van der Waals surface area contributed by atoms with Crippen LogP contribution < -0.4 is 4.89 Å². The van der Waals surface area contributed by atoms with Gasteiger partial charge in [-0.1, -0.05) is 166 Å². The number of allylic oxidation sites excluding steroid dienone is 6. The molecule has 0 amide bonds. The van der Waals surface area contributed by atoms with E-state index >= 15 is 0 Å². The molecule has 0 bridgehead atoms. The number of hydrogen-bond acceptors (Lipinski definition) is 8. The normalized spacial score (nSPS) is 13.9. The molecule has 56 heavy (non-hydrogen) atoms. The molecular weight excluding hydrogens is 725 g/mol. The molecule has 0 aromatic carbocycles. The molecule has 10 heteroatoms. The molecule has 328 valence electrons. The lowest BCUT2D eigenvalue weighted by molar-refractivity contribution is -0.870. The summed E-state index contributed by atoms with van der Waals surface area (Å²) in [6.45, 7) is 4.18. The SMILES string of the molecule is CCCCC/C=C/C/C=C/C/C=C/CCCCCCC(=O)O[C@H](COC(=O)CCCCCCCCCCCCCCCCC)COP(=O)([O-])OCC[N+](C)(C)C. The predicted octanol–water partition coefficient (Wildman–Crippen LogP) is 12.3. The standard InChI is InChI=1S/C46H86NO8P/c1-6-8-10-12-14-16-18-20-22-23-25-27-29-31-33-35-37-39-46(49)55-44(43-54-56(50,51)53-41-40-47(3,4)5)42-52-45(48)38-36-34-32-30-28-26-24-21-19-17-15-13-11-9-7-2/h14,16,20,22,25,27,44H,6-13,15,17-19,21,23-24,26,28-43H2,1-5H3/b16-14+,22-20+,27-25+/t44-/m1/s1. The van der Waals surface area contributed by atoms with Crippen molar-refractivity contribution >= 4 is 19.8 Å². The molecule has 0 aromatic heterocycles. The Kier molecular flexibility index (Phi) is 37.5. The minimum absolute atomic E-state index is 0.0348. The summed E-state index contributed by atoms with van der Waals surface area (Å²) in [4.78, 5) is 37.5. The van der Waals surface area contributed by atoms with Crippen LogP contribution in [0.15, 0.2) is 36.5 Å². The summed E-state index contributed by atoms with van der Waals surface area (Å²) in [5.74, 6) is -0.855. The Labute approximate surface area is 344 Å². The average molecular weight is 812 g/mol. The zero-order valence-electron chi connectivity index (χ0n) is 36.8. The van der Waals surface area contributed by atoms with Gasteiger partial charge in [-0.05, 0) is 51.4 Å². The van der Waals surface area contributed by atoms with E-state index in [1.165, 1.54) is 103 Å². The van der Waals surface area contributed by atoms with E-state index in [1.807, 2.05) is 21.1 Å². The molecule has 9 nitrogen and oxygen atoms in total. The molecule has 0 saturated heterocycles. The van der Waals surface area contributed by atoms with Crippen molar-refractivity contribution in [1.82, 2.24) is 0 Å². The molecule has 0 N–H and O–H groups in total. The first-order valence-corrected chi connectivity index (χ1v) is 24.2. The number of rotatable bonds is 41. The zero-order chi connectivity index (χ0) is 41.4. The van der Waals surface area contributed by atoms with E-state index in [0.29, 0.717) is 17.4 Å². The van der Waals surface area contributed by atoms with Crippen LogP contribution in [0, 0.1) is 0 Å². The van der Waals surface area contributed by atoms with Crippen molar-refractivity contribution in [2.75, 3.05) is 47.5 Å². The van der Waals surface area contributed by atoms with Crippen molar-refractivity contribution in [3.63, 3.8) is 0 Å². The number of phosphoric acid groups is 1. The maximum Gasteiger partial charge on any atom is 0.306 e. The molecule has 2 atom stereocenters. The van der Waals surface area contributed by atoms with Gasteiger partial charge < -0.3 is 27.9 Å². The largest absolute Gasteiger partial charge is 0.756 e. The van der Waals surface area contributed by atoms with Crippen LogP contribution in [0.4, 0.5) is 0 Å². The van der Waals surface area contributed by atoms with Crippen LogP contribution in [-0.4, -0.2) is 70.0 Å². The van der Waals surface area contributed by atoms with Gasteiger partial charge in [0.2, 0.25) is 0 Å². The fraction of sp³-hybridized carbons (Fsp3) is 0.826. The van der Waals surface area contributed by atoms with Crippen molar-refractivity contribution < 1.29 is 42.1 Å². The number of carbonyl (C=O) groups is 2. The van der Waals surface area contributed by atoms with Gasteiger partial charge in [0.1, 0.15) is 19.8 Å². The molecule has 0 aliphatic carbocycles. The molecule has 0 fully saturated rings. The van der Waals surface area contributed by atoms with E-state index in [-0.39, 0.29) is 32.0 Å². The van der Waals surface area contributed by atoms with Gasteiger partial charge in [-0.2, -0.15) is 0 Å². The first kappa shape index (κ1) is 54.2. The third kappa shape index (κ3) is 41.9. The van der Waals surface area contributed by atoms with Crippen LogP contribution in [0.2, 0.25) is 0 Å². The number of ether oxygens (including phenoxy) is 2. The number of hydrogen-bond donors (Lipinski definition) is 0. The van der Waals surface area contributed by atoms with Crippen molar-refractivity contribution in [3.8, 4) is 0 Å². The number of quaternary nitrogens is 1. The lowest BCUT2D eigenvalue weighted by atomic mass is 10.0. The van der Waals surface area contributed by atoms with Gasteiger partial charge in [-0.25, -0.2) is 0 Å². The minimum atomic E-state index is -4.63. The lowest BCUT2D eigenvalue weighted by Gasteiger charge is -2.28. The zero-order valence-corrected chi connectivity index (χ0v) is 37.7. The van der Waals surface area contributed by atoms with E-state index in [9.17, 15) is 19.0 Å². The summed E-state index contributed by atoms with van der Waals surface area (Å²) in [6.07, 6.45) is 43.1. The van der Waals surface area contributed by atoms with Crippen molar-refractivity contribution in [3.05, 3.63) is 36.5 Å². The fourth-order valence-electron chi connectivity index (χ4n) is 6.07. The second-order valence-electron chi connectivity index (χ2n) is 16.4. The molecule has 0 heterocycles. The Morgan fingerprint density at radius 3 is 1.46 bits per heavy atom. The molecule has 0 aromatic rings. The van der Waals surface area contributed by atoms with E-state index in [0.717, 1.165) is 57.8 Å². The van der Waals surface area contributed by atoms with Crippen LogP contribution >= 0.6 is 7.82 Å². The third-order valence-corrected chi connectivity index (χ3v) is 10.6. The topological polar surface area (TPSA) is 111 Å². The fourth-order valence-corrected chi connectivity index (χ4v) is 6.80. The summed E-state index contributed by atoms with van der Waals surface area (Å²) in [6, 6.07) is 0. The van der Waals surface area contributed by atoms with Crippen LogP contribution in [0.1, 0.15) is 194 Å². The van der Waals surface area contributed by atoms with Gasteiger partial charge >= 0.3 is 11.9 Å². The van der Waals surface area contributed by atoms with Crippen LogP contribution in [0.25, 0.3) is 0 Å². The monoisotopic (exact) mass is 812 g/mol. The van der Waals surface area contributed by atoms with Crippen LogP contribution in [-0.2, 0) is 32.7 Å². The highest BCUT2D eigenvalue weighted by Gasteiger charge is 2.21. The highest BCUT2D eigenvalue weighted by Crippen LogP contribution is 2.38. The predicted molar refractivity (Wildman–Crippen MR) is 231 cm³/mol. The highest BCUT2D eigenvalue weighted by atomic mass is 31.2. The highest BCUT2D eigenvalue weighted by molar-refractivity contribution is 7.45. The average Bonchev–Trinajstić information content (AvgIpc) is 3.15. The number of carbonyl (C=O) groups excluding carboxylic acids is 2. The second kappa shape index (κ2) is 38.7. The maximum atomic E-state index is 12.7. The van der Waals surface area contributed by atoms with Gasteiger partial charge in [0.05, 0.1) is 27.7 Å². The first-order chi connectivity index (χ1) is 27.0. The van der Waals surface area contributed by atoms with Gasteiger partial charge in [0.25, 0.3) is 7.82 Å². The van der Waals surface area contributed by atoms with Gasteiger partial charge in [0, 0.05) is 12.8 Å². The van der Waals surface area contributed by atoms with E-state index in [1.54, 1.807) is 0 Å². The number of unbranched alkanes of at least 4 members (excludes halogenated alkanes) is 21. The Hall–Kier alpha value is -1.77. The van der Waals surface area contributed by atoms with Gasteiger partial charge in [-0.3, -0.25) is 14.2 Å². The maximum absolute atomic E-state index is 12.7. The number of likely N-dealkylation sites (N-methyl/N-ethyl adjacent to an activating group) is 1. The van der Waals surface area contributed by atoms with E-state index in [2.05, 4.69) is 50.3 Å². The summed E-state index contributed by atoms with van der Waals surface area (Å²) < 4.78 is 33.9. The third-order valence-electron chi connectivity index (χ3n) is 9.66. The quantitative estimate of drug-likeness (QED) is 0.0197. The molecule has 0 saturated carbocycles. The number of esters is 2. The molecule has 0 aliphatic heterocycles. The Morgan fingerprint density at radius 2 is 0.964 bits per heavy atom. The summed E-state index contributed by atoms with van der Waals surface area (Å²) in [7, 11) is 1.15. The van der Waals surface area contributed by atoms with Gasteiger partial charge in [0.15, 0.2) is 6.10 Å². The van der Waals surface area contributed by atoms with E-state index < -0.39 is 26.5 Å². The summed E-state index contributed by atoms with van der Waals surface area (Å²) in [5, 5.41) is 0. The molecule has 0 rings (SSSR count). The second-order valence-corrected chi connectivity index (χ2v) is 17.8. The molecule has 1 unspecified atom stereocenters. The molecule has 0 radical (unpaired) electrons. The number of nitrogens with zero attached hydrogens (tertiary/aromatic N) is 1. The van der Waals surface area contributed by atoms with Crippen molar-refractivity contribution in [2.45, 2.75) is 200 Å². The Morgan fingerprint density at radius 1 is 0.554 bits per heavy atom. The molecule has 0 spiro atoms. The summed E-state index contributed by atoms with van der Waals surface area (Å²) >= 11 is 0. The smallest absolute Gasteiger partial charge is 0.306 e. The van der Waals surface area contributed by atoms with Gasteiger partial charge in [-0.15, -0.1) is 0 Å². The molecule has 0 aliphatic rings. The Bertz CT molecular complexity index is 1050. The minimum Gasteiger partial charge on any atom is -0.756 e. The van der Waals surface area contributed by atoms with Crippen LogP contribution in [0.5, 0.6) is 0 Å². The molecular formula is C46H86NO8P. The van der Waals surface area contributed by atoms with E-state index in [4.69, 9.17) is 18.5 Å². The van der Waals surface area contributed by atoms with Crippen molar-refractivity contribution in [1.29, 1.82) is 0 Å². The van der Waals surface area contributed by atoms with Crippen LogP contribution in [0.3, 0.4) is 0 Å². The lowest BCUT2D eigenvalue weighted by Crippen LogP contribution is -2.37.